The molecule has 4 rings (SSSR count). The van der Waals surface area contributed by atoms with E-state index < -0.39 is 6.04 Å². The van der Waals surface area contributed by atoms with Crippen molar-refractivity contribution in [2.24, 2.45) is 0 Å². The van der Waals surface area contributed by atoms with E-state index in [0.29, 0.717) is 32.4 Å². The van der Waals surface area contributed by atoms with Crippen LogP contribution in [0.15, 0.2) is 89.4 Å². The molecule has 1 unspecified atom stereocenters. The Kier molecular flexibility index (Phi) is 10.2. The second kappa shape index (κ2) is 14.0. The lowest BCUT2D eigenvalue weighted by Gasteiger charge is -2.32. The number of nitrogens with one attached hydrogen (secondary N) is 1. The summed E-state index contributed by atoms with van der Waals surface area (Å²) in [6.07, 6.45) is 5.63. The number of ether oxygens (including phenoxy) is 1. The summed E-state index contributed by atoms with van der Waals surface area (Å²) in [5.74, 6) is 0.678. The molecule has 0 bridgehead atoms. The fourth-order valence-electron chi connectivity index (χ4n) is 4.83. The minimum atomic E-state index is -0.593. The van der Waals surface area contributed by atoms with Gasteiger partial charge in [-0.25, -0.2) is 0 Å². The molecule has 1 aliphatic carbocycles. The first-order valence-electron chi connectivity index (χ1n) is 13.1. The lowest BCUT2D eigenvalue weighted by molar-refractivity contribution is -0.141. The van der Waals surface area contributed by atoms with Gasteiger partial charge in [-0.1, -0.05) is 89.4 Å². The van der Waals surface area contributed by atoms with Gasteiger partial charge in [-0.05, 0) is 54.7 Å². The number of carbonyl (C=O) groups is 2. The van der Waals surface area contributed by atoms with Crippen molar-refractivity contribution in [1.82, 2.24) is 10.2 Å². The fourth-order valence-corrected chi connectivity index (χ4v) is 5.27. The highest BCUT2D eigenvalue weighted by atomic mass is 79.9. The van der Waals surface area contributed by atoms with E-state index >= 15 is 0 Å². The largest absolute Gasteiger partial charge is 0.494 e. The second-order valence-corrected chi connectivity index (χ2v) is 10.5. The lowest BCUT2D eigenvalue weighted by atomic mass is 10.0. The molecule has 194 valence electrons. The van der Waals surface area contributed by atoms with Gasteiger partial charge in [0.15, 0.2) is 0 Å². The molecular formula is C31H35BrN2O3. The number of halogens is 1. The highest BCUT2D eigenvalue weighted by Crippen LogP contribution is 2.21. The van der Waals surface area contributed by atoms with Crippen molar-refractivity contribution in [3.05, 3.63) is 101 Å². The summed E-state index contributed by atoms with van der Waals surface area (Å²) in [5, 5.41) is 3.25. The van der Waals surface area contributed by atoms with Crippen LogP contribution in [0, 0.1) is 0 Å². The maximum Gasteiger partial charge on any atom is 0.243 e. The van der Waals surface area contributed by atoms with E-state index in [2.05, 4.69) is 21.2 Å². The molecule has 0 heterocycles. The topological polar surface area (TPSA) is 58.6 Å². The van der Waals surface area contributed by atoms with E-state index in [1.54, 1.807) is 4.90 Å². The molecule has 1 atom stereocenters. The van der Waals surface area contributed by atoms with Crippen molar-refractivity contribution in [2.45, 2.75) is 63.6 Å². The van der Waals surface area contributed by atoms with Gasteiger partial charge in [-0.15, -0.1) is 0 Å². The number of hydrogen-bond acceptors (Lipinski definition) is 3. The number of amides is 2. The highest BCUT2D eigenvalue weighted by Gasteiger charge is 2.32. The summed E-state index contributed by atoms with van der Waals surface area (Å²) < 4.78 is 6.75. The Hall–Kier alpha value is -3.12. The molecule has 37 heavy (non-hydrogen) atoms. The van der Waals surface area contributed by atoms with Gasteiger partial charge in [-0.3, -0.25) is 9.59 Å². The Balaban J connectivity index is 1.52. The fraction of sp³-hybridized carbons (Fsp3) is 0.355. The third-order valence-electron chi connectivity index (χ3n) is 6.76. The van der Waals surface area contributed by atoms with Gasteiger partial charge in [0.1, 0.15) is 11.8 Å². The normalized spacial score (nSPS) is 14.2. The van der Waals surface area contributed by atoms with E-state index in [-0.39, 0.29) is 17.9 Å². The molecule has 0 saturated heterocycles. The van der Waals surface area contributed by atoms with Crippen molar-refractivity contribution in [2.75, 3.05) is 6.61 Å². The van der Waals surface area contributed by atoms with Crippen molar-refractivity contribution < 1.29 is 14.3 Å². The molecule has 0 radical (unpaired) electrons. The molecular weight excluding hydrogens is 528 g/mol. The average molecular weight is 564 g/mol. The molecule has 6 heteroatoms. The van der Waals surface area contributed by atoms with E-state index in [4.69, 9.17) is 4.74 Å². The van der Waals surface area contributed by atoms with Crippen LogP contribution >= 0.6 is 15.9 Å². The van der Waals surface area contributed by atoms with Crippen molar-refractivity contribution >= 4 is 27.7 Å². The van der Waals surface area contributed by atoms with E-state index in [9.17, 15) is 9.59 Å². The van der Waals surface area contributed by atoms with Crippen molar-refractivity contribution in [3.63, 3.8) is 0 Å². The molecule has 0 spiro atoms. The van der Waals surface area contributed by atoms with Gasteiger partial charge >= 0.3 is 0 Å². The zero-order valence-corrected chi connectivity index (χ0v) is 22.7. The van der Waals surface area contributed by atoms with Crippen molar-refractivity contribution in [1.29, 1.82) is 0 Å². The lowest BCUT2D eigenvalue weighted by Crippen LogP contribution is -2.52. The van der Waals surface area contributed by atoms with Crippen LogP contribution in [0.4, 0.5) is 0 Å². The zero-order chi connectivity index (χ0) is 25.9. The molecule has 1 N–H and O–H groups in total. The Morgan fingerprint density at radius 1 is 0.919 bits per heavy atom. The first-order valence-corrected chi connectivity index (χ1v) is 13.9. The quantitative estimate of drug-likeness (QED) is 0.263. The summed E-state index contributed by atoms with van der Waals surface area (Å²) in [7, 11) is 0. The predicted molar refractivity (Wildman–Crippen MR) is 150 cm³/mol. The summed E-state index contributed by atoms with van der Waals surface area (Å²) in [6, 6.07) is 27.1. The minimum absolute atomic E-state index is 0.0425. The maximum atomic E-state index is 13.7. The summed E-state index contributed by atoms with van der Waals surface area (Å²) in [5.41, 5.74) is 2.02. The van der Waals surface area contributed by atoms with Gasteiger partial charge in [0.05, 0.1) is 6.61 Å². The molecule has 1 aliphatic rings. The molecule has 3 aromatic carbocycles. The van der Waals surface area contributed by atoms with Gasteiger partial charge < -0.3 is 15.0 Å². The Morgan fingerprint density at radius 2 is 1.59 bits per heavy atom. The van der Waals surface area contributed by atoms with Gasteiger partial charge in [0.2, 0.25) is 11.8 Å². The van der Waals surface area contributed by atoms with E-state index in [1.165, 1.54) is 0 Å². The van der Waals surface area contributed by atoms with Crippen LogP contribution in [0.5, 0.6) is 5.75 Å². The number of benzene rings is 3. The number of hydrogen-bond donors (Lipinski definition) is 1. The molecule has 0 aliphatic heterocycles. The summed E-state index contributed by atoms with van der Waals surface area (Å²) in [4.78, 5) is 29.1. The van der Waals surface area contributed by atoms with Crippen LogP contribution in [-0.4, -0.2) is 35.4 Å². The highest BCUT2D eigenvalue weighted by molar-refractivity contribution is 9.10. The number of para-hydroxylation sites is 1. The summed E-state index contributed by atoms with van der Waals surface area (Å²) in [6.45, 7) is 0.811. The monoisotopic (exact) mass is 562 g/mol. The summed E-state index contributed by atoms with van der Waals surface area (Å²) >= 11 is 3.54. The molecule has 2 amide bonds. The molecule has 0 aromatic heterocycles. The van der Waals surface area contributed by atoms with Crippen LogP contribution in [0.1, 0.15) is 49.7 Å². The number of rotatable bonds is 12. The van der Waals surface area contributed by atoms with Crippen molar-refractivity contribution in [3.8, 4) is 5.75 Å². The van der Waals surface area contributed by atoms with E-state index in [1.807, 2.05) is 84.9 Å². The SMILES string of the molecule is O=C(NC1CCCC1)C(Cc1ccccc1)N(Cc1cccc(Br)c1)C(=O)CCCOc1ccccc1. The van der Waals surface area contributed by atoms with Crippen LogP contribution in [-0.2, 0) is 22.6 Å². The second-order valence-electron chi connectivity index (χ2n) is 9.61. The zero-order valence-electron chi connectivity index (χ0n) is 21.2. The smallest absolute Gasteiger partial charge is 0.243 e. The standard InChI is InChI=1S/C31H35BrN2O3/c32-26-14-9-13-25(21-26)23-34(30(35)19-10-20-37-28-17-5-2-6-18-28)29(22-24-11-3-1-4-12-24)31(36)33-27-15-7-8-16-27/h1-6,9,11-14,17-18,21,27,29H,7-8,10,15-16,19-20,22-23H2,(H,33,36). The van der Waals surface area contributed by atoms with E-state index in [0.717, 1.165) is 47.0 Å². The predicted octanol–water partition coefficient (Wildman–Crippen LogP) is 6.31. The molecule has 1 fully saturated rings. The first kappa shape index (κ1) is 26.9. The van der Waals surface area contributed by atoms with Gasteiger partial charge in [0.25, 0.3) is 0 Å². The molecule has 5 nitrogen and oxygen atoms in total. The van der Waals surface area contributed by atoms with Crippen LogP contribution in [0.3, 0.4) is 0 Å². The number of carbonyl (C=O) groups excluding carboxylic acids is 2. The third kappa shape index (κ3) is 8.46. The average Bonchev–Trinajstić information content (AvgIpc) is 3.43. The van der Waals surface area contributed by atoms with Crippen LogP contribution in [0.25, 0.3) is 0 Å². The third-order valence-corrected chi connectivity index (χ3v) is 7.25. The Morgan fingerprint density at radius 3 is 2.30 bits per heavy atom. The van der Waals surface area contributed by atoms with Gasteiger partial charge in [-0.2, -0.15) is 0 Å². The Labute approximate surface area is 228 Å². The van der Waals surface area contributed by atoms with Gasteiger partial charge in [0, 0.05) is 29.9 Å². The minimum Gasteiger partial charge on any atom is -0.494 e. The van der Waals surface area contributed by atoms with Crippen LogP contribution < -0.4 is 10.1 Å². The molecule has 1 saturated carbocycles. The molecule has 3 aromatic rings. The Bertz CT molecular complexity index is 1130. The first-order chi connectivity index (χ1) is 18.1. The van der Waals surface area contributed by atoms with Crippen LogP contribution in [0.2, 0.25) is 0 Å². The maximum absolute atomic E-state index is 13.7. The number of nitrogens with zero attached hydrogens (tertiary/aromatic N) is 1.